The van der Waals surface area contributed by atoms with Crippen LogP contribution in [0.2, 0.25) is 0 Å². The standard InChI is InChI=1S/C18H34N2O/c1-18(2)16(12-17(18)21-3)20-15-10-5-4-8-13(15)14-9-6-7-11-19-14/h13-17,19-20H,4-12H2,1-3H3. The summed E-state index contributed by atoms with van der Waals surface area (Å²) in [6.07, 6.45) is 11.4. The first-order valence-electron chi connectivity index (χ1n) is 9.15. The molecular formula is C18H34N2O. The molecule has 2 N–H and O–H groups in total. The van der Waals surface area contributed by atoms with Gasteiger partial charge in [0.15, 0.2) is 0 Å². The van der Waals surface area contributed by atoms with Crippen LogP contribution in [0.15, 0.2) is 0 Å². The molecule has 1 saturated heterocycles. The zero-order valence-corrected chi connectivity index (χ0v) is 14.2. The first-order chi connectivity index (χ1) is 10.1. The van der Waals surface area contributed by atoms with E-state index in [1.54, 1.807) is 0 Å². The fraction of sp³-hybridized carbons (Fsp3) is 1.00. The highest BCUT2D eigenvalue weighted by Gasteiger charge is 2.49. The van der Waals surface area contributed by atoms with Crippen LogP contribution < -0.4 is 10.6 Å². The molecule has 3 aliphatic rings. The normalized spacial score (nSPS) is 43.3. The van der Waals surface area contributed by atoms with E-state index in [0.29, 0.717) is 12.1 Å². The van der Waals surface area contributed by atoms with Gasteiger partial charge < -0.3 is 15.4 Å². The van der Waals surface area contributed by atoms with Crippen LogP contribution in [0.1, 0.15) is 65.2 Å². The maximum atomic E-state index is 5.61. The molecule has 3 fully saturated rings. The Hall–Kier alpha value is -0.120. The van der Waals surface area contributed by atoms with Gasteiger partial charge in [-0.2, -0.15) is 0 Å². The van der Waals surface area contributed by atoms with E-state index >= 15 is 0 Å². The van der Waals surface area contributed by atoms with Gasteiger partial charge in [0.1, 0.15) is 0 Å². The van der Waals surface area contributed by atoms with E-state index in [-0.39, 0.29) is 5.41 Å². The molecule has 0 radical (unpaired) electrons. The third-order valence-corrected chi connectivity index (χ3v) is 6.56. The highest BCUT2D eigenvalue weighted by atomic mass is 16.5. The van der Waals surface area contributed by atoms with Crippen LogP contribution in [0.5, 0.6) is 0 Å². The van der Waals surface area contributed by atoms with Crippen molar-refractivity contribution in [3.05, 3.63) is 0 Å². The van der Waals surface area contributed by atoms with Crippen LogP contribution in [-0.2, 0) is 4.74 Å². The Morgan fingerprint density at radius 2 is 1.81 bits per heavy atom. The van der Waals surface area contributed by atoms with Gasteiger partial charge in [0, 0.05) is 30.7 Å². The second-order valence-corrected chi connectivity index (χ2v) is 8.11. The minimum atomic E-state index is 0.288. The lowest BCUT2D eigenvalue weighted by Gasteiger charge is -2.54. The highest BCUT2D eigenvalue weighted by molar-refractivity contribution is 5.05. The van der Waals surface area contributed by atoms with E-state index in [1.165, 1.54) is 57.9 Å². The molecule has 0 aromatic carbocycles. The van der Waals surface area contributed by atoms with Crippen molar-refractivity contribution in [2.24, 2.45) is 11.3 Å². The molecule has 3 nitrogen and oxygen atoms in total. The second-order valence-electron chi connectivity index (χ2n) is 8.11. The van der Waals surface area contributed by atoms with Gasteiger partial charge in [0.05, 0.1) is 6.10 Å². The predicted molar refractivity (Wildman–Crippen MR) is 87.5 cm³/mol. The van der Waals surface area contributed by atoms with E-state index in [1.807, 2.05) is 7.11 Å². The van der Waals surface area contributed by atoms with E-state index in [2.05, 4.69) is 24.5 Å². The largest absolute Gasteiger partial charge is 0.381 e. The molecule has 2 saturated carbocycles. The first-order valence-corrected chi connectivity index (χ1v) is 9.15. The summed E-state index contributed by atoms with van der Waals surface area (Å²) in [4.78, 5) is 0. The van der Waals surface area contributed by atoms with Crippen molar-refractivity contribution in [1.29, 1.82) is 0 Å². The van der Waals surface area contributed by atoms with Crippen molar-refractivity contribution in [1.82, 2.24) is 10.6 Å². The van der Waals surface area contributed by atoms with Crippen LogP contribution in [-0.4, -0.2) is 37.9 Å². The Morgan fingerprint density at radius 3 is 2.48 bits per heavy atom. The molecule has 21 heavy (non-hydrogen) atoms. The summed E-state index contributed by atoms with van der Waals surface area (Å²) in [5.74, 6) is 0.844. The van der Waals surface area contributed by atoms with Gasteiger partial charge in [0.2, 0.25) is 0 Å². The lowest BCUT2D eigenvalue weighted by Crippen LogP contribution is -2.64. The zero-order chi connectivity index (χ0) is 14.9. The smallest absolute Gasteiger partial charge is 0.0652 e. The summed E-state index contributed by atoms with van der Waals surface area (Å²) in [6.45, 7) is 5.95. The Bertz CT molecular complexity index is 338. The van der Waals surface area contributed by atoms with Crippen LogP contribution in [0.3, 0.4) is 0 Å². The molecule has 0 aromatic heterocycles. The number of ether oxygens (including phenoxy) is 1. The lowest BCUT2D eigenvalue weighted by atomic mass is 9.63. The number of hydrogen-bond donors (Lipinski definition) is 2. The van der Waals surface area contributed by atoms with Gasteiger partial charge >= 0.3 is 0 Å². The van der Waals surface area contributed by atoms with Gasteiger partial charge in [-0.3, -0.25) is 0 Å². The van der Waals surface area contributed by atoms with E-state index < -0.39 is 0 Å². The maximum absolute atomic E-state index is 5.61. The monoisotopic (exact) mass is 294 g/mol. The molecule has 1 heterocycles. The molecular weight excluding hydrogens is 260 g/mol. The average molecular weight is 294 g/mol. The second kappa shape index (κ2) is 6.55. The summed E-state index contributed by atoms with van der Waals surface area (Å²) in [5.41, 5.74) is 0.288. The Labute approximate surface area is 130 Å². The molecule has 1 aliphatic heterocycles. The third kappa shape index (κ3) is 3.16. The minimum Gasteiger partial charge on any atom is -0.381 e. The predicted octanol–water partition coefficient (Wildman–Crippen LogP) is 3.09. The Kier molecular flexibility index (Phi) is 4.92. The van der Waals surface area contributed by atoms with E-state index in [4.69, 9.17) is 4.74 Å². The maximum Gasteiger partial charge on any atom is 0.0652 e. The first kappa shape index (κ1) is 15.8. The van der Waals surface area contributed by atoms with Crippen LogP contribution >= 0.6 is 0 Å². The summed E-state index contributed by atoms with van der Waals surface area (Å²) in [7, 11) is 1.86. The summed E-state index contributed by atoms with van der Waals surface area (Å²) in [6, 6.07) is 2.12. The summed E-state index contributed by atoms with van der Waals surface area (Å²) in [5, 5.41) is 7.84. The quantitative estimate of drug-likeness (QED) is 0.836. The molecule has 122 valence electrons. The average Bonchev–Trinajstić information content (AvgIpc) is 2.52. The molecule has 0 amide bonds. The van der Waals surface area contributed by atoms with E-state index in [0.717, 1.165) is 18.0 Å². The number of piperidine rings is 1. The molecule has 3 heteroatoms. The van der Waals surface area contributed by atoms with Gasteiger partial charge in [-0.05, 0) is 44.6 Å². The SMILES string of the molecule is COC1CC(NC2CCCCC2C2CCCCN2)C1(C)C. The molecule has 0 spiro atoms. The van der Waals surface area contributed by atoms with Crippen molar-refractivity contribution >= 4 is 0 Å². The van der Waals surface area contributed by atoms with E-state index in [9.17, 15) is 0 Å². The molecule has 2 aliphatic carbocycles. The number of nitrogens with one attached hydrogen (secondary N) is 2. The number of rotatable bonds is 4. The topological polar surface area (TPSA) is 33.3 Å². The fourth-order valence-corrected chi connectivity index (χ4v) is 4.92. The molecule has 3 rings (SSSR count). The van der Waals surface area contributed by atoms with Crippen molar-refractivity contribution in [3.63, 3.8) is 0 Å². The fourth-order valence-electron chi connectivity index (χ4n) is 4.92. The van der Waals surface area contributed by atoms with Crippen LogP contribution in [0, 0.1) is 11.3 Å². The minimum absolute atomic E-state index is 0.288. The lowest BCUT2D eigenvalue weighted by molar-refractivity contribution is -0.103. The zero-order valence-electron chi connectivity index (χ0n) is 14.2. The van der Waals surface area contributed by atoms with Gasteiger partial charge in [-0.25, -0.2) is 0 Å². The number of methoxy groups -OCH3 is 1. The van der Waals surface area contributed by atoms with Gasteiger partial charge in [-0.1, -0.05) is 33.1 Å². The molecule has 5 unspecified atom stereocenters. The van der Waals surface area contributed by atoms with Crippen LogP contribution in [0.4, 0.5) is 0 Å². The van der Waals surface area contributed by atoms with Gasteiger partial charge in [-0.15, -0.1) is 0 Å². The summed E-state index contributed by atoms with van der Waals surface area (Å²) < 4.78 is 5.61. The highest BCUT2D eigenvalue weighted by Crippen LogP contribution is 2.43. The third-order valence-electron chi connectivity index (χ3n) is 6.56. The Morgan fingerprint density at radius 1 is 1.05 bits per heavy atom. The molecule has 0 bridgehead atoms. The van der Waals surface area contributed by atoms with Crippen LogP contribution in [0.25, 0.3) is 0 Å². The van der Waals surface area contributed by atoms with Gasteiger partial charge in [0.25, 0.3) is 0 Å². The van der Waals surface area contributed by atoms with Crippen molar-refractivity contribution in [2.75, 3.05) is 13.7 Å². The molecule has 5 atom stereocenters. The Balaban J connectivity index is 1.60. The summed E-state index contributed by atoms with van der Waals surface area (Å²) >= 11 is 0. The van der Waals surface area contributed by atoms with Crippen molar-refractivity contribution in [2.45, 2.75) is 89.4 Å². The van der Waals surface area contributed by atoms with Crippen molar-refractivity contribution < 1.29 is 4.74 Å². The number of hydrogen-bond acceptors (Lipinski definition) is 3. The van der Waals surface area contributed by atoms with Crippen molar-refractivity contribution in [3.8, 4) is 0 Å². The molecule has 0 aromatic rings.